The minimum Gasteiger partial charge on any atom is -0.494 e. The largest absolute Gasteiger partial charge is 0.494 e. The van der Waals surface area contributed by atoms with Gasteiger partial charge in [0, 0.05) is 5.69 Å². The van der Waals surface area contributed by atoms with Crippen LogP contribution < -0.4 is 15.8 Å². The minimum absolute atomic E-state index is 0.138. The molecular weight excluding hydrogens is 260 g/mol. The van der Waals surface area contributed by atoms with E-state index in [1.54, 1.807) is 11.8 Å². The fourth-order valence-electron chi connectivity index (χ4n) is 1.63. The number of hydrogen-bond donors (Lipinski definition) is 2. The summed E-state index contributed by atoms with van der Waals surface area (Å²) in [7, 11) is 0. The van der Waals surface area contributed by atoms with Gasteiger partial charge in [-0.05, 0) is 56.0 Å². The molecule has 0 heterocycles. The van der Waals surface area contributed by atoms with Gasteiger partial charge in [-0.3, -0.25) is 4.79 Å². The highest BCUT2D eigenvalue weighted by molar-refractivity contribution is 7.98. The normalized spacial score (nSPS) is 12.0. The molecule has 19 heavy (non-hydrogen) atoms. The topological polar surface area (TPSA) is 64.3 Å². The standard InChI is InChI=1S/C14H22N2O2S/c1-4-18-11-5-6-13(10(2)9-11)16-14(17)12(15)7-8-19-3/h5-6,9,12H,4,7-8,15H2,1-3H3,(H,16,17)/t12-/m1/s1. The number of nitrogens with one attached hydrogen (secondary N) is 1. The van der Waals surface area contributed by atoms with E-state index in [0.29, 0.717) is 13.0 Å². The zero-order chi connectivity index (χ0) is 14.3. The lowest BCUT2D eigenvalue weighted by Gasteiger charge is -2.14. The van der Waals surface area contributed by atoms with E-state index in [4.69, 9.17) is 10.5 Å². The second-order valence-corrected chi connectivity index (χ2v) is 5.27. The van der Waals surface area contributed by atoms with Gasteiger partial charge in [0.25, 0.3) is 0 Å². The Bertz CT molecular complexity index is 424. The molecule has 0 aliphatic carbocycles. The number of carbonyl (C=O) groups is 1. The van der Waals surface area contributed by atoms with Gasteiger partial charge >= 0.3 is 0 Å². The predicted molar refractivity (Wildman–Crippen MR) is 82.0 cm³/mol. The fraction of sp³-hybridized carbons (Fsp3) is 0.500. The first-order valence-corrected chi connectivity index (χ1v) is 7.76. The molecule has 4 nitrogen and oxygen atoms in total. The first-order valence-electron chi connectivity index (χ1n) is 6.37. The van der Waals surface area contributed by atoms with Crippen molar-refractivity contribution in [3.8, 4) is 5.75 Å². The van der Waals surface area contributed by atoms with Crippen molar-refractivity contribution in [2.45, 2.75) is 26.3 Å². The molecule has 0 radical (unpaired) electrons. The first-order chi connectivity index (χ1) is 9.08. The average Bonchev–Trinajstić information content (AvgIpc) is 2.39. The number of carbonyl (C=O) groups excluding carboxylic acids is 1. The van der Waals surface area contributed by atoms with Gasteiger partial charge < -0.3 is 15.8 Å². The fourth-order valence-corrected chi connectivity index (χ4v) is 2.12. The summed E-state index contributed by atoms with van der Waals surface area (Å²) in [5.41, 5.74) is 7.58. The molecule has 0 fully saturated rings. The number of aryl methyl sites for hydroxylation is 1. The Morgan fingerprint density at radius 2 is 2.26 bits per heavy atom. The number of hydrogen-bond acceptors (Lipinski definition) is 4. The smallest absolute Gasteiger partial charge is 0.241 e. The molecule has 0 spiro atoms. The van der Waals surface area contributed by atoms with Crippen LogP contribution in [0.15, 0.2) is 18.2 Å². The summed E-state index contributed by atoms with van der Waals surface area (Å²) in [4.78, 5) is 11.9. The lowest BCUT2D eigenvalue weighted by atomic mass is 10.1. The van der Waals surface area contributed by atoms with E-state index in [-0.39, 0.29) is 5.91 Å². The maximum atomic E-state index is 11.9. The number of nitrogens with two attached hydrogens (primary N) is 1. The molecule has 0 saturated heterocycles. The number of rotatable bonds is 7. The molecule has 1 rings (SSSR count). The summed E-state index contributed by atoms with van der Waals surface area (Å²) in [6, 6.07) is 5.14. The van der Waals surface area contributed by atoms with Crippen LogP contribution in [0.25, 0.3) is 0 Å². The SMILES string of the molecule is CCOc1ccc(NC(=O)[C@H](N)CCSC)c(C)c1. The highest BCUT2D eigenvalue weighted by Gasteiger charge is 2.14. The molecule has 0 aromatic heterocycles. The van der Waals surface area contributed by atoms with Crippen molar-refractivity contribution in [1.82, 2.24) is 0 Å². The van der Waals surface area contributed by atoms with Crippen molar-refractivity contribution >= 4 is 23.4 Å². The number of ether oxygens (including phenoxy) is 1. The van der Waals surface area contributed by atoms with E-state index in [2.05, 4.69) is 5.32 Å². The lowest BCUT2D eigenvalue weighted by Crippen LogP contribution is -2.36. The molecule has 0 aliphatic rings. The third-order valence-corrected chi connectivity index (χ3v) is 3.38. The van der Waals surface area contributed by atoms with Crippen molar-refractivity contribution in [1.29, 1.82) is 0 Å². The van der Waals surface area contributed by atoms with Crippen LogP contribution in [0.1, 0.15) is 18.9 Å². The maximum absolute atomic E-state index is 11.9. The molecular formula is C14H22N2O2S. The van der Waals surface area contributed by atoms with Gasteiger partial charge in [0.1, 0.15) is 5.75 Å². The Morgan fingerprint density at radius 3 is 2.84 bits per heavy atom. The van der Waals surface area contributed by atoms with Crippen molar-refractivity contribution < 1.29 is 9.53 Å². The van der Waals surface area contributed by atoms with E-state index in [1.807, 2.05) is 38.3 Å². The van der Waals surface area contributed by atoms with Crippen LogP contribution >= 0.6 is 11.8 Å². The molecule has 106 valence electrons. The average molecular weight is 282 g/mol. The van der Waals surface area contributed by atoms with E-state index < -0.39 is 6.04 Å². The summed E-state index contributed by atoms with van der Waals surface area (Å²) in [5, 5.41) is 2.86. The van der Waals surface area contributed by atoms with E-state index in [9.17, 15) is 4.79 Å². The van der Waals surface area contributed by atoms with Crippen LogP contribution in [0.4, 0.5) is 5.69 Å². The van der Waals surface area contributed by atoms with E-state index in [1.165, 1.54) is 0 Å². The van der Waals surface area contributed by atoms with Gasteiger partial charge in [0.15, 0.2) is 0 Å². The Morgan fingerprint density at radius 1 is 1.53 bits per heavy atom. The summed E-state index contributed by atoms with van der Waals surface area (Å²) in [5.74, 6) is 1.56. The van der Waals surface area contributed by atoms with Gasteiger partial charge in [-0.1, -0.05) is 0 Å². The second kappa shape index (κ2) is 8.07. The van der Waals surface area contributed by atoms with Crippen LogP contribution in [0.2, 0.25) is 0 Å². The molecule has 0 aliphatic heterocycles. The summed E-state index contributed by atoms with van der Waals surface area (Å²) < 4.78 is 5.41. The number of amides is 1. The molecule has 1 aromatic rings. The first kappa shape index (κ1) is 15.9. The molecule has 1 amide bonds. The predicted octanol–water partition coefficient (Wildman–Crippen LogP) is 2.41. The van der Waals surface area contributed by atoms with Gasteiger partial charge in [-0.15, -0.1) is 0 Å². The van der Waals surface area contributed by atoms with E-state index in [0.717, 1.165) is 22.8 Å². The Hall–Kier alpha value is -1.20. The zero-order valence-corrected chi connectivity index (χ0v) is 12.5. The van der Waals surface area contributed by atoms with Gasteiger partial charge in [0.05, 0.1) is 12.6 Å². The second-order valence-electron chi connectivity index (χ2n) is 4.29. The molecule has 3 N–H and O–H groups in total. The highest BCUT2D eigenvalue weighted by atomic mass is 32.2. The van der Waals surface area contributed by atoms with Gasteiger partial charge in [0.2, 0.25) is 5.91 Å². The molecule has 5 heteroatoms. The van der Waals surface area contributed by atoms with Crippen molar-refractivity contribution in [2.24, 2.45) is 5.73 Å². The Balaban J connectivity index is 2.63. The summed E-state index contributed by atoms with van der Waals surface area (Å²) in [6.45, 7) is 4.51. The van der Waals surface area contributed by atoms with Crippen LogP contribution in [-0.4, -0.2) is 30.6 Å². The van der Waals surface area contributed by atoms with Crippen LogP contribution in [-0.2, 0) is 4.79 Å². The third-order valence-electron chi connectivity index (χ3n) is 2.74. The van der Waals surface area contributed by atoms with Crippen LogP contribution in [0.3, 0.4) is 0 Å². The Labute approximate surface area is 119 Å². The van der Waals surface area contributed by atoms with Crippen molar-refractivity contribution in [3.63, 3.8) is 0 Å². The molecule has 1 atom stereocenters. The van der Waals surface area contributed by atoms with Crippen LogP contribution in [0, 0.1) is 6.92 Å². The molecule has 0 bridgehead atoms. The molecule has 0 unspecified atom stereocenters. The summed E-state index contributed by atoms with van der Waals surface area (Å²) >= 11 is 1.69. The molecule has 0 saturated carbocycles. The van der Waals surface area contributed by atoms with Crippen molar-refractivity contribution in [3.05, 3.63) is 23.8 Å². The number of benzene rings is 1. The van der Waals surface area contributed by atoms with Gasteiger partial charge in [-0.2, -0.15) is 11.8 Å². The summed E-state index contributed by atoms with van der Waals surface area (Å²) in [6.07, 6.45) is 2.68. The third kappa shape index (κ3) is 5.12. The zero-order valence-electron chi connectivity index (χ0n) is 11.7. The lowest BCUT2D eigenvalue weighted by molar-refractivity contribution is -0.117. The van der Waals surface area contributed by atoms with E-state index >= 15 is 0 Å². The maximum Gasteiger partial charge on any atom is 0.241 e. The van der Waals surface area contributed by atoms with Gasteiger partial charge in [-0.25, -0.2) is 0 Å². The van der Waals surface area contributed by atoms with Crippen LogP contribution in [0.5, 0.6) is 5.75 Å². The quantitative estimate of drug-likeness (QED) is 0.806. The monoisotopic (exact) mass is 282 g/mol. The number of anilines is 1. The highest BCUT2D eigenvalue weighted by Crippen LogP contribution is 2.21. The minimum atomic E-state index is -0.460. The Kier molecular flexibility index (Phi) is 6.73. The number of thioether (sulfide) groups is 1. The van der Waals surface area contributed by atoms with Crippen molar-refractivity contribution in [2.75, 3.05) is 23.9 Å². The molecule has 1 aromatic carbocycles.